The first-order chi connectivity index (χ1) is 18.3. The number of hydrogen-bond donors (Lipinski definition) is 0. The Bertz CT molecular complexity index is 1080. The van der Waals surface area contributed by atoms with Crippen LogP contribution in [0.1, 0.15) is 106 Å². The normalized spacial score (nSPS) is 39.4. The molecule has 3 saturated carbocycles. The lowest BCUT2D eigenvalue weighted by molar-refractivity contribution is -0.149. The van der Waals surface area contributed by atoms with Gasteiger partial charge in [-0.25, -0.2) is 0 Å². The fraction of sp³-hybridized carbons (Fsp3) is 0.788. The number of imide groups is 1. The standard InChI is InChI=1S/C33H49NO5/c1-19(18-34(21(3)35)22(4)36)8-11-29-20(2)31-30(39-29)17-28-26-10-9-24-16-25(38-23(5)37)12-14-32(24,6)27(26)13-15-33(28,31)7/h9,19,25-28,30-31H,8,10-18H2,1-7H3/t19-,25+,26-,27+,28-,30-,31+,32-,33-/m0/s1. The van der Waals surface area contributed by atoms with Gasteiger partial charge in [0, 0.05) is 46.1 Å². The number of esters is 1. The highest BCUT2D eigenvalue weighted by molar-refractivity contribution is 5.92. The molecule has 0 N–H and O–H groups in total. The molecule has 0 aromatic heterocycles. The number of ether oxygens (including phenoxy) is 2. The average Bonchev–Trinajstić information content (AvgIpc) is 3.33. The third kappa shape index (κ3) is 4.88. The van der Waals surface area contributed by atoms with Crippen LogP contribution in [0.25, 0.3) is 0 Å². The maximum absolute atomic E-state index is 11.8. The van der Waals surface area contributed by atoms with Crippen LogP contribution in [0.3, 0.4) is 0 Å². The van der Waals surface area contributed by atoms with Gasteiger partial charge in [0.05, 0.1) is 5.76 Å². The minimum atomic E-state index is -0.179. The van der Waals surface area contributed by atoms with Crippen LogP contribution in [0.2, 0.25) is 0 Å². The van der Waals surface area contributed by atoms with E-state index in [2.05, 4.69) is 33.8 Å². The first-order valence-corrected chi connectivity index (χ1v) is 15.4. The van der Waals surface area contributed by atoms with Crippen LogP contribution in [-0.4, -0.2) is 41.4 Å². The van der Waals surface area contributed by atoms with E-state index in [-0.39, 0.29) is 46.7 Å². The second-order valence-corrected chi connectivity index (χ2v) is 14.0. The Hall–Kier alpha value is -2.11. The molecule has 0 unspecified atom stereocenters. The zero-order chi connectivity index (χ0) is 28.3. The zero-order valence-electron chi connectivity index (χ0n) is 25.2. The number of hydrogen-bond acceptors (Lipinski definition) is 5. The van der Waals surface area contributed by atoms with Gasteiger partial charge in [-0.15, -0.1) is 0 Å². The Morgan fingerprint density at radius 1 is 1.10 bits per heavy atom. The molecular weight excluding hydrogens is 490 g/mol. The van der Waals surface area contributed by atoms with Gasteiger partial charge in [0.25, 0.3) is 0 Å². The third-order valence-electron chi connectivity index (χ3n) is 11.7. The molecule has 4 aliphatic carbocycles. The van der Waals surface area contributed by atoms with Crippen LogP contribution in [0, 0.1) is 40.4 Å². The van der Waals surface area contributed by atoms with Crippen molar-refractivity contribution in [1.82, 2.24) is 4.90 Å². The summed E-state index contributed by atoms with van der Waals surface area (Å²) in [5, 5.41) is 0. The maximum Gasteiger partial charge on any atom is 0.302 e. The molecule has 6 nitrogen and oxygen atoms in total. The van der Waals surface area contributed by atoms with Gasteiger partial charge >= 0.3 is 5.97 Å². The van der Waals surface area contributed by atoms with Gasteiger partial charge < -0.3 is 9.47 Å². The van der Waals surface area contributed by atoms with Crippen molar-refractivity contribution in [3.63, 3.8) is 0 Å². The monoisotopic (exact) mass is 539 g/mol. The van der Waals surface area contributed by atoms with E-state index in [0.29, 0.717) is 30.2 Å². The van der Waals surface area contributed by atoms with Gasteiger partial charge in [0.2, 0.25) is 11.8 Å². The molecule has 0 saturated heterocycles. The summed E-state index contributed by atoms with van der Waals surface area (Å²) in [6.07, 6.45) is 12.5. The Morgan fingerprint density at radius 2 is 1.82 bits per heavy atom. The summed E-state index contributed by atoms with van der Waals surface area (Å²) < 4.78 is 12.4. The minimum Gasteiger partial charge on any atom is -0.494 e. The Kier molecular flexibility index (Phi) is 7.56. The number of allylic oxidation sites excluding steroid dienone is 2. The summed E-state index contributed by atoms with van der Waals surface area (Å²) in [6, 6.07) is 0. The number of amides is 2. The molecule has 0 bridgehead atoms. The number of carbonyl (C=O) groups is 3. The highest BCUT2D eigenvalue weighted by Crippen LogP contribution is 2.69. The molecule has 9 atom stereocenters. The van der Waals surface area contributed by atoms with E-state index in [1.54, 1.807) is 5.57 Å². The molecule has 0 radical (unpaired) electrons. The minimum absolute atomic E-state index is 0.0494. The van der Waals surface area contributed by atoms with Crippen molar-refractivity contribution in [2.24, 2.45) is 40.4 Å². The highest BCUT2D eigenvalue weighted by atomic mass is 16.5. The Balaban J connectivity index is 1.27. The Morgan fingerprint density at radius 3 is 2.49 bits per heavy atom. The summed E-state index contributed by atoms with van der Waals surface area (Å²) in [6.45, 7) is 14.4. The predicted molar refractivity (Wildman–Crippen MR) is 150 cm³/mol. The van der Waals surface area contributed by atoms with Crippen LogP contribution < -0.4 is 0 Å². The molecule has 6 heteroatoms. The molecule has 39 heavy (non-hydrogen) atoms. The van der Waals surface area contributed by atoms with Crippen molar-refractivity contribution in [2.45, 2.75) is 118 Å². The number of fused-ring (bicyclic) bond motifs is 7. The molecular formula is C33H49NO5. The number of carbonyl (C=O) groups excluding carboxylic acids is 3. The van der Waals surface area contributed by atoms with Crippen molar-refractivity contribution < 1.29 is 23.9 Å². The predicted octanol–water partition coefficient (Wildman–Crippen LogP) is 6.59. The van der Waals surface area contributed by atoms with E-state index in [0.717, 1.165) is 50.7 Å². The summed E-state index contributed by atoms with van der Waals surface area (Å²) in [5.74, 6) is 3.48. The molecule has 5 rings (SSSR count). The summed E-state index contributed by atoms with van der Waals surface area (Å²) in [4.78, 5) is 36.6. The summed E-state index contributed by atoms with van der Waals surface area (Å²) in [5.41, 5.74) is 3.50. The lowest BCUT2D eigenvalue weighted by Crippen LogP contribution is -2.50. The maximum atomic E-state index is 11.8. The topological polar surface area (TPSA) is 72.9 Å². The first-order valence-electron chi connectivity index (χ1n) is 15.4. The van der Waals surface area contributed by atoms with Crippen molar-refractivity contribution >= 4 is 17.8 Å². The summed E-state index contributed by atoms with van der Waals surface area (Å²) in [7, 11) is 0. The highest BCUT2D eigenvalue weighted by Gasteiger charge is 2.63. The molecule has 216 valence electrons. The van der Waals surface area contributed by atoms with Gasteiger partial charge in [-0.2, -0.15) is 0 Å². The van der Waals surface area contributed by atoms with E-state index < -0.39 is 0 Å². The van der Waals surface area contributed by atoms with Crippen molar-refractivity contribution in [3.05, 3.63) is 23.0 Å². The van der Waals surface area contributed by atoms with Gasteiger partial charge in [0.1, 0.15) is 12.2 Å². The molecule has 1 heterocycles. The molecule has 0 aromatic rings. The summed E-state index contributed by atoms with van der Waals surface area (Å²) >= 11 is 0. The van der Waals surface area contributed by atoms with Crippen LogP contribution in [0.5, 0.6) is 0 Å². The van der Waals surface area contributed by atoms with E-state index in [9.17, 15) is 14.4 Å². The third-order valence-corrected chi connectivity index (χ3v) is 11.7. The van der Waals surface area contributed by atoms with Gasteiger partial charge in [-0.1, -0.05) is 32.4 Å². The van der Waals surface area contributed by atoms with Gasteiger partial charge in [0.15, 0.2) is 0 Å². The quantitative estimate of drug-likeness (QED) is 0.281. The van der Waals surface area contributed by atoms with E-state index in [1.165, 1.54) is 44.1 Å². The number of nitrogens with zero attached hydrogens (tertiary/aromatic N) is 1. The van der Waals surface area contributed by atoms with Crippen molar-refractivity contribution in [1.29, 1.82) is 0 Å². The van der Waals surface area contributed by atoms with Gasteiger partial charge in [-0.3, -0.25) is 19.3 Å². The van der Waals surface area contributed by atoms with E-state index >= 15 is 0 Å². The largest absolute Gasteiger partial charge is 0.494 e. The second-order valence-electron chi connectivity index (χ2n) is 14.0. The van der Waals surface area contributed by atoms with Gasteiger partial charge in [-0.05, 0) is 91.9 Å². The fourth-order valence-corrected chi connectivity index (χ4v) is 9.81. The molecule has 2 amide bonds. The lowest BCUT2D eigenvalue weighted by Gasteiger charge is -2.58. The van der Waals surface area contributed by atoms with Crippen LogP contribution >= 0.6 is 0 Å². The SMILES string of the molecule is CC(=O)O[C@@H]1CC[C@@]2(C)C(=CC[C@H]3[C@H]2CC[C@]2(C)[C@@H]4C(C)=C(CC[C@H](C)CN(C(C)=O)C(C)=O)O[C@H]4C[C@@H]32)C1. The average molecular weight is 540 g/mol. The molecule has 1 aliphatic heterocycles. The smallest absolute Gasteiger partial charge is 0.302 e. The Labute approximate surface area is 234 Å². The molecule has 3 fully saturated rings. The zero-order valence-corrected chi connectivity index (χ0v) is 25.2. The van der Waals surface area contributed by atoms with E-state index in [4.69, 9.17) is 9.47 Å². The second kappa shape index (κ2) is 10.4. The van der Waals surface area contributed by atoms with E-state index in [1.807, 2.05) is 0 Å². The molecule has 0 spiro atoms. The van der Waals surface area contributed by atoms with Crippen LogP contribution in [-0.2, 0) is 23.9 Å². The molecule has 0 aromatic carbocycles. The molecule has 5 aliphatic rings. The van der Waals surface area contributed by atoms with Crippen LogP contribution in [0.4, 0.5) is 0 Å². The van der Waals surface area contributed by atoms with Crippen molar-refractivity contribution in [2.75, 3.05) is 6.54 Å². The fourth-order valence-electron chi connectivity index (χ4n) is 9.81. The van der Waals surface area contributed by atoms with Crippen molar-refractivity contribution in [3.8, 4) is 0 Å². The lowest BCUT2D eigenvalue weighted by atomic mass is 9.47. The first kappa shape index (κ1) is 28.4. The van der Waals surface area contributed by atoms with Crippen LogP contribution in [0.15, 0.2) is 23.0 Å². The number of rotatable bonds is 6.